The highest BCUT2D eigenvalue weighted by atomic mass is 35.5. The molecule has 2 aromatic carbocycles. The predicted octanol–water partition coefficient (Wildman–Crippen LogP) is 3.09. The van der Waals surface area contributed by atoms with Gasteiger partial charge in [-0.05, 0) is 36.8 Å². The van der Waals surface area contributed by atoms with Crippen LogP contribution in [0.2, 0.25) is 5.02 Å². The zero-order chi connectivity index (χ0) is 22.3. The minimum atomic E-state index is -4.18. The number of carbonyl (C=O) groups is 1. The SMILES string of the molecule is CCCNC(=O)CN(c1cc(Cl)ccc1OC)S(=O)(=O)c1ccc(OC)c(OC)c1. The highest BCUT2D eigenvalue weighted by molar-refractivity contribution is 7.92. The van der Waals surface area contributed by atoms with Crippen molar-refractivity contribution in [1.29, 1.82) is 0 Å². The molecule has 0 bridgehead atoms. The first kappa shape index (κ1) is 23.6. The van der Waals surface area contributed by atoms with E-state index in [4.69, 9.17) is 25.8 Å². The van der Waals surface area contributed by atoms with Crippen LogP contribution in [0.4, 0.5) is 5.69 Å². The van der Waals surface area contributed by atoms with Crippen molar-refractivity contribution in [2.75, 3.05) is 38.7 Å². The Hall–Kier alpha value is -2.65. The Morgan fingerprint density at radius 2 is 1.63 bits per heavy atom. The number of anilines is 1. The standard InChI is InChI=1S/C20H25ClN2O6S/c1-5-10-22-20(24)13-23(16-11-14(21)6-8-17(16)27-2)30(25,26)15-7-9-18(28-3)19(12-15)29-4/h6-9,11-12H,5,10,13H2,1-4H3,(H,22,24). The molecule has 0 aliphatic carbocycles. The number of benzene rings is 2. The molecule has 0 fully saturated rings. The van der Waals surface area contributed by atoms with Crippen molar-refractivity contribution in [3.63, 3.8) is 0 Å². The van der Waals surface area contributed by atoms with E-state index in [-0.39, 0.29) is 22.1 Å². The second-order valence-corrected chi connectivity index (χ2v) is 8.49. The fraction of sp³-hybridized carbons (Fsp3) is 0.350. The van der Waals surface area contributed by atoms with E-state index in [9.17, 15) is 13.2 Å². The first-order valence-electron chi connectivity index (χ1n) is 9.13. The Balaban J connectivity index is 2.61. The smallest absolute Gasteiger partial charge is 0.265 e. The molecule has 0 saturated heterocycles. The molecule has 10 heteroatoms. The topological polar surface area (TPSA) is 94.2 Å². The summed E-state index contributed by atoms with van der Waals surface area (Å²) in [5.74, 6) is 0.422. The number of nitrogens with one attached hydrogen (secondary N) is 1. The maximum atomic E-state index is 13.5. The first-order valence-corrected chi connectivity index (χ1v) is 10.9. The summed E-state index contributed by atoms with van der Waals surface area (Å²) in [7, 11) is 0.0836. The molecule has 0 aliphatic rings. The van der Waals surface area contributed by atoms with Gasteiger partial charge in [0.1, 0.15) is 12.3 Å². The van der Waals surface area contributed by atoms with Crippen LogP contribution >= 0.6 is 11.6 Å². The molecule has 2 rings (SSSR count). The van der Waals surface area contributed by atoms with Crippen molar-refractivity contribution in [3.8, 4) is 17.2 Å². The molecular weight excluding hydrogens is 432 g/mol. The molecule has 8 nitrogen and oxygen atoms in total. The van der Waals surface area contributed by atoms with Crippen LogP contribution < -0.4 is 23.8 Å². The Labute approximate surface area is 181 Å². The van der Waals surface area contributed by atoms with Gasteiger partial charge >= 0.3 is 0 Å². The molecule has 0 heterocycles. The highest BCUT2D eigenvalue weighted by Gasteiger charge is 2.30. The van der Waals surface area contributed by atoms with Crippen LogP contribution in [0.5, 0.6) is 17.2 Å². The fourth-order valence-corrected chi connectivity index (χ4v) is 4.32. The number of sulfonamides is 1. The van der Waals surface area contributed by atoms with Crippen LogP contribution in [0, 0.1) is 0 Å². The van der Waals surface area contributed by atoms with Crippen molar-refractivity contribution in [2.24, 2.45) is 0 Å². The lowest BCUT2D eigenvalue weighted by atomic mass is 10.3. The summed E-state index contributed by atoms with van der Waals surface area (Å²) in [6, 6.07) is 8.75. The molecule has 0 atom stereocenters. The number of carbonyl (C=O) groups excluding carboxylic acids is 1. The third-order valence-corrected chi connectivity index (χ3v) is 6.20. The van der Waals surface area contributed by atoms with Gasteiger partial charge in [-0.2, -0.15) is 0 Å². The lowest BCUT2D eigenvalue weighted by Gasteiger charge is -2.26. The summed E-state index contributed by atoms with van der Waals surface area (Å²) in [4.78, 5) is 12.4. The molecule has 1 N–H and O–H groups in total. The molecule has 164 valence electrons. The minimum absolute atomic E-state index is 0.0783. The monoisotopic (exact) mass is 456 g/mol. The summed E-state index contributed by atoms with van der Waals surface area (Å²) in [5.41, 5.74) is 0.145. The van der Waals surface area contributed by atoms with Crippen molar-refractivity contribution in [2.45, 2.75) is 18.2 Å². The van der Waals surface area contributed by atoms with Gasteiger partial charge < -0.3 is 19.5 Å². The largest absolute Gasteiger partial charge is 0.495 e. The molecule has 2 aromatic rings. The number of ether oxygens (including phenoxy) is 3. The number of hydrogen-bond acceptors (Lipinski definition) is 6. The lowest BCUT2D eigenvalue weighted by Crippen LogP contribution is -2.41. The minimum Gasteiger partial charge on any atom is -0.495 e. The van der Waals surface area contributed by atoms with Gasteiger partial charge in [0.15, 0.2) is 11.5 Å². The summed E-state index contributed by atoms with van der Waals surface area (Å²) in [6.07, 6.45) is 0.717. The Kier molecular flexibility index (Phi) is 8.19. The number of nitrogens with zero attached hydrogens (tertiary/aromatic N) is 1. The summed E-state index contributed by atoms with van der Waals surface area (Å²) >= 11 is 6.11. The van der Waals surface area contributed by atoms with Crippen LogP contribution in [0.3, 0.4) is 0 Å². The van der Waals surface area contributed by atoms with Crippen LogP contribution in [0.15, 0.2) is 41.3 Å². The number of hydrogen-bond donors (Lipinski definition) is 1. The molecule has 30 heavy (non-hydrogen) atoms. The third kappa shape index (κ3) is 5.28. The fourth-order valence-electron chi connectivity index (χ4n) is 2.71. The van der Waals surface area contributed by atoms with Gasteiger partial charge in [0, 0.05) is 17.6 Å². The number of rotatable bonds is 10. The average Bonchev–Trinajstić information content (AvgIpc) is 2.75. The van der Waals surface area contributed by atoms with E-state index in [2.05, 4.69) is 5.32 Å². The van der Waals surface area contributed by atoms with Crippen LogP contribution in [0.1, 0.15) is 13.3 Å². The maximum Gasteiger partial charge on any atom is 0.265 e. The lowest BCUT2D eigenvalue weighted by molar-refractivity contribution is -0.119. The molecule has 0 aliphatic heterocycles. The van der Waals surface area contributed by atoms with Gasteiger partial charge in [-0.1, -0.05) is 18.5 Å². The summed E-state index contributed by atoms with van der Waals surface area (Å²) < 4.78 is 43.8. The van der Waals surface area contributed by atoms with Crippen LogP contribution in [-0.4, -0.2) is 48.7 Å². The quantitative estimate of drug-likeness (QED) is 0.590. The molecule has 0 saturated carbocycles. The number of methoxy groups -OCH3 is 3. The van der Waals surface area contributed by atoms with Crippen LogP contribution in [0.25, 0.3) is 0 Å². The van der Waals surface area contributed by atoms with E-state index in [1.165, 1.54) is 45.6 Å². The second-order valence-electron chi connectivity index (χ2n) is 6.19. The molecule has 1 amide bonds. The Morgan fingerprint density at radius 3 is 2.23 bits per heavy atom. The van der Waals surface area contributed by atoms with Crippen molar-refractivity contribution in [1.82, 2.24) is 5.32 Å². The van der Waals surface area contributed by atoms with Gasteiger partial charge in [0.2, 0.25) is 5.91 Å². The normalized spacial score (nSPS) is 11.0. The zero-order valence-electron chi connectivity index (χ0n) is 17.3. The summed E-state index contributed by atoms with van der Waals surface area (Å²) in [6.45, 7) is 1.88. The molecule has 0 radical (unpaired) electrons. The van der Waals surface area contributed by atoms with Gasteiger partial charge in [-0.3, -0.25) is 9.10 Å². The third-order valence-electron chi connectivity index (χ3n) is 4.21. The van der Waals surface area contributed by atoms with Crippen molar-refractivity contribution in [3.05, 3.63) is 41.4 Å². The number of amides is 1. The van der Waals surface area contributed by atoms with E-state index < -0.39 is 22.5 Å². The summed E-state index contributed by atoms with van der Waals surface area (Å²) in [5, 5.41) is 2.98. The number of halogens is 1. The maximum absolute atomic E-state index is 13.5. The van der Waals surface area contributed by atoms with Gasteiger partial charge in [-0.15, -0.1) is 0 Å². The zero-order valence-corrected chi connectivity index (χ0v) is 18.8. The van der Waals surface area contributed by atoms with Crippen LogP contribution in [-0.2, 0) is 14.8 Å². The molecule has 0 aromatic heterocycles. The van der Waals surface area contributed by atoms with E-state index >= 15 is 0 Å². The Bertz CT molecular complexity index is 997. The Morgan fingerprint density at radius 1 is 1.00 bits per heavy atom. The molecule has 0 spiro atoms. The van der Waals surface area contributed by atoms with Gasteiger partial charge in [0.25, 0.3) is 10.0 Å². The van der Waals surface area contributed by atoms with Crippen molar-refractivity contribution < 1.29 is 27.4 Å². The van der Waals surface area contributed by atoms with E-state index in [1.54, 1.807) is 12.1 Å². The molecular formula is C20H25ClN2O6S. The average molecular weight is 457 g/mol. The van der Waals surface area contributed by atoms with Crippen molar-refractivity contribution >= 4 is 33.2 Å². The first-order chi connectivity index (χ1) is 14.3. The van der Waals surface area contributed by atoms with E-state index in [0.29, 0.717) is 23.7 Å². The molecule has 0 unspecified atom stereocenters. The van der Waals surface area contributed by atoms with Gasteiger partial charge in [-0.25, -0.2) is 8.42 Å². The predicted molar refractivity (Wildman–Crippen MR) is 115 cm³/mol. The second kappa shape index (κ2) is 10.4. The van der Waals surface area contributed by atoms with E-state index in [0.717, 1.165) is 4.31 Å². The highest BCUT2D eigenvalue weighted by Crippen LogP contribution is 2.36. The van der Waals surface area contributed by atoms with E-state index in [1.807, 2.05) is 6.92 Å². The van der Waals surface area contributed by atoms with Gasteiger partial charge in [0.05, 0.1) is 31.9 Å².